The van der Waals surface area contributed by atoms with Crippen molar-refractivity contribution >= 4 is 27.8 Å². The van der Waals surface area contributed by atoms with Crippen LogP contribution in [0.25, 0.3) is 21.9 Å². The summed E-state index contributed by atoms with van der Waals surface area (Å²) in [5.41, 5.74) is 1.33. The van der Waals surface area contributed by atoms with Gasteiger partial charge in [-0.3, -0.25) is 18.7 Å². The van der Waals surface area contributed by atoms with Crippen LogP contribution in [0.3, 0.4) is 0 Å². The van der Waals surface area contributed by atoms with E-state index >= 15 is 0 Å². The summed E-state index contributed by atoms with van der Waals surface area (Å²) in [5, 5.41) is 3.42. The van der Waals surface area contributed by atoms with E-state index in [-0.39, 0.29) is 36.5 Å². The van der Waals surface area contributed by atoms with Gasteiger partial charge in [-0.25, -0.2) is 9.78 Å². The van der Waals surface area contributed by atoms with Gasteiger partial charge in [-0.2, -0.15) is 0 Å². The van der Waals surface area contributed by atoms with Gasteiger partial charge in [0, 0.05) is 6.54 Å². The Morgan fingerprint density at radius 3 is 2.48 bits per heavy atom. The van der Waals surface area contributed by atoms with Crippen molar-refractivity contribution in [3.8, 4) is 0 Å². The highest BCUT2D eigenvalue weighted by Crippen LogP contribution is 2.22. The van der Waals surface area contributed by atoms with Crippen molar-refractivity contribution < 1.29 is 4.79 Å². The van der Waals surface area contributed by atoms with Crippen LogP contribution in [0.15, 0.2) is 58.1 Å². The number of nitrogens with zero attached hydrogens (tertiary/aromatic N) is 3. The average molecular weight is 419 g/mol. The number of carbonyl (C=O) groups is 1. The first kappa shape index (κ1) is 20.6. The molecule has 0 radical (unpaired) electrons. The Balaban J connectivity index is 1.68. The van der Waals surface area contributed by atoms with Crippen molar-refractivity contribution in [1.82, 2.24) is 24.4 Å². The zero-order valence-corrected chi connectivity index (χ0v) is 17.8. The number of aromatic amines is 1. The largest absolute Gasteiger partial charge is 0.344 e. The summed E-state index contributed by atoms with van der Waals surface area (Å²) in [7, 11) is 0. The lowest BCUT2D eigenvalue weighted by Crippen LogP contribution is -2.43. The second-order valence-corrected chi connectivity index (χ2v) is 7.86. The Hall–Kier alpha value is -3.68. The SMILES string of the molecule is CCn1c(=O)c2ccccc2n(CC(=O)NC(c2nc3ccccc3[nH]2)C(C)C)c1=O. The third kappa shape index (κ3) is 3.76. The standard InChI is InChI=1S/C23H25N5O3/c1-4-27-22(30)15-9-5-8-12-18(15)28(23(27)31)13-19(29)26-20(14(2)3)21-24-16-10-6-7-11-17(16)25-21/h5-12,14,20H,4,13H2,1-3H3,(H,24,25)(H,26,29). The number of fused-ring (bicyclic) bond motifs is 2. The van der Waals surface area contributed by atoms with Crippen LogP contribution in [0, 0.1) is 5.92 Å². The van der Waals surface area contributed by atoms with E-state index in [1.54, 1.807) is 31.2 Å². The zero-order valence-electron chi connectivity index (χ0n) is 17.8. The van der Waals surface area contributed by atoms with E-state index < -0.39 is 5.69 Å². The molecule has 8 heteroatoms. The lowest BCUT2D eigenvalue weighted by atomic mass is 10.0. The van der Waals surface area contributed by atoms with Crippen LogP contribution in [-0.4, -0.2) is 25.0 Å². The molecule has 8 nitrogen and oxygen atoms in total. The molecule has 2 N–H and O–H groups in total. The monoisotopic (exact) mass is 419 g/mol. The number of rotatable bonds is 6. The van der Waals surface area contributed by atoms with E-state index in [0.29, 0.717) is 16.7 Å². The summed E-state index contributed by atoms with van der Waals surface area (Å²) in [6.45, 7) is 5.77. The summed E-state index contributed by atoms with van der Waals surface area (Å²) in [4.78, 5) is 46.4. The third-order valence-electron chi connectivity index (χ3n) is 5.44. The van der Waals surface area contributed by atoms with Gasteiger partial charge in [0.15, 0.2) is 0 Å². The lowest BCUT2D eigenvalue weighted by molar-refractivity contribution is -0.122. The van der Waals surface area contributed by atoms with Crippen LogP contribution < -0.4 is 16.6 Å². The Labute approximate surface area is 178 Å². The van der Waals surface area contributed by atoms with E-state index in [0.717, 1.165) is 15.6 Å². The minimum absolute atomic E-state index is 0.0718. The second kappa shape index (κ2) is 8.22. The minimum Gasteiger partial charge on any atom is -0.344 e. The first-order valence-electron chi connectivity index (χ1n) is 10.4. The van der Waals surface area contributed by atoms with Gasteiger partial charge in [-0.15, -0.1) is 0 Å². The molecule has 31 heavy (non-hydrogen) atoms. The molecule has 1 atom stereocenters. The van der Waals surface area contributed by atoms with Crippen LogP contribution in [0.5, 0.6) is 0 Å². The van der Waals surface area contributed by atoms with Gasteiger partial charge in [0.05, 0.1) is 28.0 Å². The number of imidazole rings is 1. The van der Waals surface area contributed by atoms with Crippen molar-refractivity contribution in [1.29, 1.82) is 0 Å². The Morgan fingerprint density at radius 1 is 1.06 bits per heavy atom. The predicted molar refractivity (Wildman–Crippen MR) is 120 cm³/mol. The molecule has 0 bridgehead atoms. The van der Waals surface area contributed by atoms with Crippen molar-refractivity contribution in [2.75, 3.05) is 0 Å². The predicted octanol–water partition coefficient (Wildman–Crippen LogP) is 2.57. The fourth-order valence-electron chi connectivity index (χ4n) is 3.84. The molecule has 0 saturated heterocycles. The molecule has 0 spiro atoms. The smallest absolute Gasteiger partial charge is 0.331 e. The molecule has 0 fully saturated rings. The van der Waals surface area contributed by atoms with Crippen molar-refractivity contribution in [2.45, 2.75) is 39.9 Å². The van der Waals surface area contributed by atoms with Gasteiger partial charge < -0.3 is 10.3 Å². The highest BCUT2D eigenvalue weighted by atomic mass is 16.2. The number of carbonyl (C=O) groups excluding carboxylic acids is 1. The molecule has 160 valence electrons. The number of hydrogen-bond acceptors (Lipinski definition) is 4. The van der Waals surface area contributed by atoms with Gasteiger partial charge in [0.1, 0.15) is 12.4 Å². The number of nitrogens with one attached hydrogen (secondary N) is 2. The van der Waals surface area contributed by atoms with Crippen LogP contribution in [0.4, 0.5) is 0 Å². The molecule has 1 unspecified atom stereocenters. The van der Waals surface area contributed by atoms with E-state index in [1.165, 1.54) is 4.57 Å². The summed E-state index contributed by atoms with van der Waals surface area (Å²) in [6.07, 6.45) is 0. The summed E-state index contributed by atoms with van der Waals surface area (Å²) >= 11 is 0. The van der Waals surface area contributed by atoms with Crippen molar-refractivity contribution in [2.24, 2.45) is 5.92 Å². The lowest BCUT2D eigenvalue weighted by Gasteiger charge is -2.21. The molecule has 1 amide bonds. The fraction of sp³-hybridized carbons (Fsp3) is 0.304. The minimum atomic E-state index is -0.494. The summed E-state index contributed by atoms with van der Waals surface area (Å²) < 4.78 is 2.50. The molecule has 4 aromatic rings. The van der Waals surface area contributed by atoms with Crippen LogP contribution in [0.1, 0.15) is 32.6 Å². The molecule has 2 heterocycles. The third-order valence-corrected chi connectivity index (χ3v) is 5.44. The molecule has 0 aliphatic rings. The first-order chi connectivity index (χ1) is 14.9. The number of H-pyrrole nitrogens is 1. The molecule has 0 aliphatic heterocycles. The zero-order chi connectivity index (χ0) is 22.1. The Morgan fingerprint density at radius 2 is 1.77 bits per heavy atom. The number of aromatic nitrogens is 4. The maximum Gasteiger partial charge on any atom is 0.331 e. The summed E-state index contributed by atoms with van der Waals surface area (Å²) in [6, 6.07) is 14.2. The maximum absolute atomic E-state index is 13.0. The molecule has 2 aromatic carbocycles. The number of benzene rings is 2. The second-order valence-electron chi connectivity index (χ2n) is 7.86. The van der Waals surface area contributed by atoms with Gasteiger partial charge in [0.2, 0.25) is 5.91 Å². The molecular weight excluding hydrogens is 394 g/mol. The maximum atomic E-state index is 13.0. The molecular formula is C23H25N5O3. The molecule has 0 saturated carbocycles. The molecule has 2 aromatic heterocycles. The van der Waals surface area contributed by atoms with Crippen LogP contribution >= 0.6 is 0 Å². The van der Waals surface area contributed by atoms with Gasteiger partial charge in [0.25, 0.3) is 5.56 Å². The van der Waals surface area contributed by atoms with Gasteiger partial charge in [-0.1, -0.05) is 38.1 Å². The Kier molecular flexibility index (Phi) is 5.46. The quantitative estimate of drug-likeness (QED) is 0.501. The topological polar surface area (TPSA) is 102 Å². The summed E-state index contributed by atoms with van der Waals surface area (Å²) in [5.74, 6) is 0.413. The van der Waals surface area contributed by atoms with Gasteiger partial charge in [-0.05, 0) is 37.1 Å². The number of hydrogen-bond donors (Lipinski definition) is 2. The van der Waals surface area contributed by atoms with Crippen molar-refractivity contribution in [3.05, 3.63) is 75.2 Å². The number of amides is 1. The average Bonchev–Trinajstić information content (AvgIpc) is 3.19. The van der Waals surface area contributed by atoms with E-state index in [2.05, 4.69) is 15.3 Å². The van der Waals surface area contributed by atoms with E-state index in [4.69, 9.17) is 0 Å². The normalized spacial score (nSPS) is 12.5. The first-order valence-corrected chi connectivity index (χ1v) is 10.4. The van der Waals surface area contributed by atoms with Crippen LogP contribution in [-0.2, 0) is 17.9 Å². The highest BCUT2D eigenvalue weighted by Gasteiger charge is 2.23. The van der Waals surface area contributed by atoms with Crippen LogP contribution in [0.2, 0.25) is 0 Å². The molecule has 4 rings (SSSR count). The van der Waals surface area contributed by atoms with Crippen molar-refractivity contribution in [3.63, 3.8) is 0 Å². The number of para-hydroxylation sites is 3. The van der Waals surface area contributed by atoms with E-state index in [1.807, 2.05) is 38.1 Å². The van der Waals surface area contributed by atoms with Gasteiger partial charge >= 0.3 is 5.69 Å². The Bertz CT molecular complexity index is 1350. The molecule has 0 aliphatic carbocycles. The fourth-order valence-corrected chi connectivity index (χ4v) is 3.84. The highest BCUT2D eigenvalue weighted by molar-refractivity contribution is 5.82. The van der Waals surface area contributed by atoms with E-state index in [9.17, 15) is 14.4 Å².